The lowest BCUT2D eigenvalue weighted by molar-refractivity contribution is -0.137. The maximum absolute atomic E-state index is 12.8. The number of amides is 1. The van der Waals surface area contributed by atoms with Crippen molar-refractivity contribution in [3.05, 3.63) is 53.2 Å². The van der Waals surface area contributed by atoms with Gasteiger partial charge in [-0.2, -0.15) is 18.2 Å². The molecule has 26 heavy (non-hydrogen) atoms. The number of halogens is 3. The SMILES string of the molecule is Cc1nc(C2(NC(=O)/C=C\c3cccc(C(F)(F)F)c3)CCCC2)no1. The van der Waals surface area contributed by atoms with E-state index in [1.165, 1.54) is 24.3 Å². The molecule has 0 unspecified atom stereocenters. The van der Waals surface area contributed by atoms with Gasteiger partial charge in [0.25, 0.3) is 0 Å². The Balaban J connectivity index is 1.74. The van der Waals surface area contributed by atoms with Crippen LogP contribution in [0.1, 0.15) is 48.5 Å². The van der Waals surface area contributed by atoms with Crippen molar-refractivity contribution in [3.63, 3.8) is 0 Å². The van der Waals surface area contributed by atoms with Gasteiger partial charge in [-0.05, 0) is 36.6 Å². The molecule has 2 aromatic rings. The van der Waals surface area contributed by atoms with Gasteiger partial charge in [0.05, 0.1) is 5.56 Å². The predicted molar refractivity (Wildman–Crippen MR) is 87.8 cm³/mol. The minimum atomic E-state index is -4.42. The number of nitrogens with zero attached hydrogens (tertiary/aromatic N) is 2. The highest BCUT2D eigenvalue weighted by Crippen LogP contribution is 2.37. The molecule has 1 aliphatic rings. The average molecular weight is 365 g/mol. The molecule has 0 radical (unpaired) electrons. The van der Waals surface area contributed by atoms with Crippen LogP contribution in [0.15, 0.2) is 34.9 Å². The highest BCUT2D eigenvalue weighted by molar-refractivity contribution is 5.92. The zero-order valence-corrected chi connectivity index (χ0v) is 14.1. The summed E-state index contributed by atoms with van der Waals surface area (Å²) in [7, 11) is 0. The Morgan fingerprint density at radius 1 is 1.31 bits per heavy atom. The molecule has 5 nitrogen and oxygen atoms in total. The number of carbonyl (C=O) groups excluding carboxylic acids is 1. The van der Waals surface area contributed by atoms with Gasteiger partial charge >= 0.3 is 6.18 Å². The fraction of sp³-hybridized carbons (Fsp3) is 0.389. The second-order valence-electron chi connectivity index (χ2n) is 6.37. The monoisotopic (exact) mass is 365 g/mol. The highest BCUT2D eigenvalue weighted by Gasteiger charge is 2.40. The summed E-state index contributed by atoms with van der Waals surface area (Å²) in [6.45, 7) is 1.68. The first-order valence-corrected chi connectivity index (χ1v) is 8.27. The number of benzene rings is 1. The van der Waals surface area contributed by atoms with E-state index in [1.54, 1.807) is 6.92 Å². The van der Waals surface area contributed by atoms with Gasteiger partial charge in [-0.3, -0.25) is 4.79 Å². The van der Waals surface area contributed by atoms with Crippen LogP contribution in [-0.2, 0) is 16.5 Å². The van der Waals surface area contributed by atoms with E-state index < -0.39 is 23.2 Å². The highest BCUT2D eigenvalue weighted by atomic mass is 19.4. The third-order valence-corrected chi connectivity index (χ3v) is 4.42. The Morgan fingerprint density at radius 3 is 2.65 bits per heavy atom. The van der Waals surface area contributed by atoms with Gasteiger partial charge in [0.15, 0.2) is 5.82 Å². The summed E-state index contributed by atoms with van der Waals surface area (Å²) in [6, 6.07) is 4.80. The van der Waals surface area contributed by atoms with Crippen LogP contribution in [0.25, 0.3) is 6.08 Å². The lowest BCUT2D eigenvalue weighted by Crippen LogP contribution is -2.44. The number of aryl methyl sites for hydroxylation is 1. The Morgan fingerprint density at radius 2 is 2.04 bits per heavy atom. The lowest BCUT2D eigenvalue weighted by atomic mass is 9.96. The quantitative estimate of drug-likeness (QED) is 0.832. The molecule has 1 heterocycles. The maximum Gasteiger partial charge on any atom is 0.416 e. The van der Waals surface area contributed by atoms with E-state index in [1.807, 2.05) is 0 Å². The van der Waals surface area contributed by atoms with Crippen molar-refractivity contribution in [3.8, 4) is 0 Å². The molecule has 3 rings (SSSR count). The summed E-state index contributed by atoms with van der Waals surface area (Å²) in [5, 5.41) is 6.83. The molecular weight excluding hydrogens is 347 g/mol. The molecular formula is C18H18F3N3O2. The summed E-state index contributed by atoms with van der Waals surface area (Å²) >= 11 is 0. The number of carbonyl (C=O) groups is 1. The fourth-order valence-corrected chi connectivity index (χ4v) is 3.14. The summed E-state index contributed by atoms with van der Waals surface area (Å²) in [6.07, 6.45) is 1.38. The Bertz CT molecular complexity index is 821. The van der Waals surface area contributed by atoms with Crippen molar-refractivity contribution in [2.75, 3.05) is 0 Å². The first-order valence-electron chi connectivity index (χ1n) is 8.27. The second-order valence-corrected chi connectivity index (χ2v) is 6.37. The Labute approximate surface area is 148 Å². The molecule has 1 N–H and O–H groups in total. The van der Waals surface area contributed by atoms with Gasteiger partial charge in [0.1, 0.15) is 5.54 Å². The van der Waals surface area contributed by atoms with E-state index in [2.05, 4.69) is 15.5 Å². The molecule has 1 aliphatic carbocycles. The molecule has 0 bridgehead atoms. The molecule has 1 aromatic heterocycles. The van der Waals surface area contributed by atoms with Gasteiger partial charge in [0.2, 0.25) is 11.8 Å². The molecule has 138 valence electrons. The molecule has 8 heteroatoms. The smallest absolute Gasteiger partial charge is 0.340 e. The third kappa shape index (κ3) is 3.95. The van der Waals surface area contributed by atoms with Crippen molar-refractivity contribution in [2.24, 2.45) is 0 Å². The largest absolute Gasteiger partial charge is 0.416 e. The molecule has 1 aromatic carbocycles. The molecule has 0 spiro atoms. The van der Waals surface area contributed by atoms with E-state index in [0.717, 1.165) is 25.0 Å². The standard InChI is InChI=1S/C18H18F3N3O2/c1-12-22-16(24-26-12)17(9-2-3-10-17)23-15(25)8-7-13-5-4-6-14(11-13)18(19,20)21/h4-8,11H,2-3,9-10H2,1H3,(H,23,25)/b8-7-. The van der Waals surface area contributed by atoms with Crippen LogP contribution in [0.4, 0.5) is 13.2 Å². The minimum Gasteiger partial charge on any atom is -0.340 e. The van der Waals surface area contributed by atoms with Crippen molar-refractivity contribution in [1.29, 1.82) is 0 Å². The first kappa shape index (κ1) is 18.2. The second kappa shape index (κ2) is 6.93. The van der Waals surface area contributed by atoms with E-state index in [-0.39, 0.29) is 0 Å². The molecule has 0 atom stereocenters. The van der Waals surface area contributed by atoms with Crippen LogP contribution in [0.3, 0.4) is 0 Å². The van der Waals surface area contributed by atoms with Crippen molar-refractivity contribution < 1.29 is 22.5 Å². The zero-order chi connectivity index (χ0) is 18.8. The molecule has 0 saturated heterocycles. The van der Waals surface area contributed by atoms with Gasteiger partial charge in [-0.1, -0.05) is 30.1 Å². The Hall–Kier alpha value is -2.64. The van der Waals surface area contributed by atoms with Crippen LogP contribution >= 0.6 is 0 Å². The number of alkyl halides is 3. The number of hydrogen-bond acceptors (Lipinski definition) is 4. The van der Waals surface area contributed by atoms with Gasteiger partial charge in [-0.25, -0.2) is 0 Å². The molecule has 0 aliphatic heterocycles. The van der Waals surface area contributed by atoms with Crippen molar-refractivity contribution in [1.82, 2.24) is 15.5 Å². The first-order chi connectivity index (χ1) is 12.3. The van der Waals surface area contributed by atoms with Crippen LogP contribution in [0, 0.1) is 6.92 Å². The fourth-order valence-electron chi connectivity index (χ4n) is 3.14. The lowest BCUT2D eigenvalue weighted by Gasteiger charge is -2.25. The average Bonchev–Trinajstić information content (AvgIpc) is 3.22. The van der Waals surface area contributed by atoms with Crippen LogP contribution in [0.2, 0.25) is 0 Å². The normalized spacial score (nSPS) is 16.9. The Kier molecular flexibility index (Phi) is 4.84. The number of nitrogens with one attached hydrogen (secondary N) is 1. The number of rotatable bonds is 4. The van der Waals surface area contributed by atoms with Crippen molar-refractivity contribution in [2.45, 2.75) is 44.3 Å². The predicted octanol–water partition coefficient (Wildman–Crippen LogP) is 4.00. The number of hydrogen-bond donors (Lipinski definition) is 1. The molecule has 1 fully saturated rings. The van der Waals surface area contributed by atoms with Gasteiger partial charge < -0.3 is 9.84 Å². The van der Waals surface area contributed by atoms with Crippen molar-refractivity contribution >= 4 is 12.0 Å². The van der Waals surface area contributed by atoms with Crippen LogP contribution < -0.4 is 5.32 Å². The maximum atomic E-state index is 12.8. The van der Waals surface area contributed by atoms with E-state index in [0.29, 0.717) is 30.1 Å². The van der Waals surface area contributed by atoms with Crippen LogP contribution in [0.5, 0.6) is 0 Å². The zero-order valence-electron chi connectivity index (χ0n) is 14.1. The van der Waals surface area contributed by atoms with Crippen LogP contribution in [-0.4, -0.2) is 16.0 Å². The number of aromatic nitrogens is 2. The summed E-state index contributed by atoms with van der Waals surface area (Å²) < 4.78 is 43.3. The third-order valence-electron chi connectivity index (χ3n) is 4.42. The van der Waals surface area contributed by atoms with Gasteiger partial charge in [0, 0.05) is 13.0 Å². The van der Waals surface area contributed by atoms with E-state index in [9.17, 15) is 18.0 Å². The summed E-state index contributed by atoms with van der Waals surface area (Å²) in [5.41, 5.74) is -1.15. The summed E-state index contributed by atoms with van der Waals surface area (Å²) in [5.74, 6) is 0.445. The topological polar surface area (TPSA) is 68.0 Å². The summed E-state index contributed by atoms with van der Waals surface area (Å²) in [4.78, 5) is 16.6. The molecule has 1 amide bonds. The van der Waals surface area contributed by atoms with E-state index in [4.69, 9.17) is 4.52 Å². The minimum absolute atomic E-state index is 0.297. The van der Waals surface area contributed by atoms with E-state index >= 15 is 0 Å². The molecule has 1 saturated carbocycles. The van der Waals surface area contributed by atoms with Gasteiger partial charge in [-0.15, -0.1) is 0 Å².